The number of ketones is 1. The Hall–Kier alpha value is -3.66. The summed E-state index contributed by atoms with van der Waals surface area (Å²) in [6.45, 7) is 3.44. The van der Waals surface area contributed by atoms with Crippen molar-refractivity contribution >= 4 is 58.1 Å². The fourth-order valence-corrected chi connectivity index (χ4v) is 6.26. The summed E-state index contributed by atoms with van der Waals surface area (Å²) in [5.74, 6) is 0.129. The van der Waals surface area contributed by atoms with Crippen LogP contribution >= 0.6 is 0 Å². The number of fused-ring (bicyclic) bond motifs is 2. The number of rotatable bonds is 6. The predicted molar refractivity (Wildman–Crippen MR) is 163 cm³/mol. The molecule has 4 aromatic rings. The van der Waals surface area contributed by atoms with E-state index in [1.165, 1.54) is 12.3 Å². The molecule has 2 aliphatic heterocycles. The molecular formula is C33H32N3NaO6. The SMILES string of the molecule is CCOc1cc(C(=O)N2CCC3(CC2)CC(=O)c2cc(-c4cncc(C(=O)O)c4)ccc2O3)cc2c1ccn2C1CC1.[NaH]. The molecule has 2 fully saturated rings. The summed E-state index contributed by atoms with van der Waals surface area (Å²) in [4.78, 5) is 44.3. The number of Topliss-reactive ketones (excluding diaryl/α,β-unsaturated/α-hetero) is 1. The van der Waals surface area contributed by atoms with Crippen molar-refractivity contribution in [2.45, 2.75) is 50.7 Å². The molecule has 0 atom stereocenters. The minimum absolute atomic E-state index is 0. The van der Waals surface area contributed by atoms with Gasteiger partial charge in [-0.2, -0.15) is 0 Å². The molecule has 0 bridgehead atoms. The molecule has 1 amide bonds. The molecule has 4 heterocycles. The van der Waals surface area contributed by atoms with Crippen molar-refractivity contribution in [3.05, 3.63) is 77.7 Å². The van der Waals surface area contributed by atoms with Crippen LogP contribution in [0, 0.1) is 0 Å². The van der Waals surface area contributed by atoms with E-state index in [0.717, 1.165) is 29.5 Å². The number of hydrogen-bond donors (Lipinski definition) is 1. The third kappa shape index (κ3) is 5.46. The molecule has 2 aromatic heterocycles. The van der Waals surface area contributed by atoms with Gasteiger partial charge in [0.05, 0.1) is 29.7 Å². The number of hydrogen-bond acceptors (Lipinski definition) is 6. The molecule has 43 heavy (non-hydrogen) atoms. The number of aromatic nitrogens is 2. The zero-order valence-electron chi connectivity index (χ0n) is 23.3. The van der Waals surface area contributed by atoms with Crippen LogP contribution in [0.15, 0.2) is 61.1 Å². The van der Waals surface area contributed by atoms with Crippen molar-refractivity contribution in [1.29, 1.82) is 0 Å². The number of carbonyl (C=O) groups is 3. The van der Waals surface area contributed by atoms with Crippen LogP contribution in [0.4, 0.5) is 0 Å². The zero-order valence-corrected chi connectivity index (χ0v) is 23.3. The van der Waals surface area contributed by atoms with Gasteiger partial charge in [-0.15, -0.1) is 0 Å². The van der Waals surface area contributed by atoms with Crippen molar-refractivity contribution in [1.82, 2.24) is 14.5 Å². The quantitative estimate of drug-likeness (QED) is 0.311. The maximum absolute atomic E-state index is 13.7. The van der Waals surface area contributed by atoms with E-state index in [2.05, 4.69) is 21.8 Å². The minimum atomic E-state index is -1.06. The first-order valence-electron chi connectivity index (χ1n) is 14.5. The first-order chi connectivity index (χ1) is 20.3. The second kappa shape index (κ2) is 11.4. The third-order valence-corrected chi connectivity index (χ3v) is 8.66. The Morgan fingerprint density at radius 3 is 2.56 bits per heavy atom. The van der Waals surface area contributed by atoms with Gasteiger partial charge in [0, 0.05) is 67.1 Å². The van der Waals surface area contributed by atoms with Gasteiger partial charge in [0.25, 0.3) is 5.91 Å². The van der Waals surface area contributed by atoms with Gasteiger partial charge in [0.15, 0.2) is 5.78 Å². The third-order valence-electron chi connectivity index (χ3n) is 8.66. The molecule has 0 unspecified atom stereocenters. The number of benzene rings is 2. The molecule has 1 aliphatic carbocycles. The summed E-state index contributed by atoms with van der Waals surface area (Å²) in [5.41, 5.74) is 2.87. The molecule has 1 N–H and O–H groups in total. The van der Waals surface area contributed by atoms with Gasteiger partial charge in [0.1, 0.15) is 17.1 Å². The van der Waals surface area contributed by atoms with Gasteiger partial charge >= 0.3 is 35.5 Å². The van der Waals surface area contributed by atoms with E-state index in [0.29, 0.717) is 66.6 Å². The summed E-state index contributed by atoms with van der Waals surface area (Å²) in [6.07, 6.45) is 8.60. The maximum atomic E-state index is 13.7. The molecule has 9 nitrogen and oxygen atoms in total. The van der Waals surface area contributed by atoms with Crippen LogP contribution in [-0.2, 0) is 0 Å². The number of piperidine rings is 1. The number of aromatic carboxylic acids is 1. The van der Waals surface area contributed by atoms with Crippen LogP contribution < -0.4 is 9.47 Å². The molecular weight excluding hydrogens is 557 g/mol. The summed E-state index contributed by atoms with van der Waals surface area (Å²) < 4.78 is 14.7. The monoisotopic (exact) mass is 589 g/mol. The molecule has 2 aromatic carbocycles. The Kier molecular flexibility index (Phi) is 7.83. The van der Waals surface area contributed by atoms with Crippen LogP contribution in [-0.4, -0.2) is 92.1 Å². The topological polar surface area (TPSA) is 111 Å². The Balaban J connectivity index is 0.00000329. The van der Waals surface area contributed by atoms with Crippen molar-refractivity contribution in [3.63, 3.8) is 0 Å². The molecule has 0 radical (unpaired) electrons. The van der Waals surface area contributed by atoms with Gasteiger partial charge in [-0.1, -0.05) is 6.07 Å². The first kappa shape index (κ1) is 29.4. The second-order valence-electron chi connectivity index (χ2n) is 11.4. The van der Waals surface area contributed by atoms with Crippen LogP contribution in [0.1, 0.15) is 76.1 Å². The fraction of sp³-hybridized carbons (Fsp3) is 0.333. The second-order valence-corrected chi connectivity index (χ2v) is 11.4. The Labute approximate surface area is 271 Å². The number of amides is 1. The normalized spacial score (nSPS) is 17.2. The average Bonchev–Trinajstić information content (AvgIpc) is 3.75. The van der Waals surface area contributed by atoms with Crippen LogP contribution in [0.5, 0.6) is 11.5 Å². The van der Waals surface area contributed by atoms with E-state index < -0.39 is 11.6 Å². The van der Waals surface area contributed by atoms with E-state index in [4.69, 9.17) is 9.47 Å². The number of carboxylic acid groups (broad SMARTS) is 1. The van der Waals surface area contributed by atoms with Crippen LogP contribution in [0.2, 0.25) is 0 Å². The standard InChI is InChI=1S/C33H31N3O6.Na.H/c1-2-41-30-16-21(15-27-25(30)7-10-36(27)24-4-5-24)31(38)35-11-8-33(9-12-35)17-28(37)26-14-20(3-6-29(26)42-33)22-13-23(32(39)40)19-34-18-22;;/h3,6-7,10,13-16,18-19,24H,2,4-5,8-9,11-12,17H2,1H3,(H,39,40);;. The van der Waals surface area contributed by atoms with Crippen LogP contribution in [0.3, 0.4) is 0 Å². The fourth-order valence-electron chi connectivity index (χ4n) is 6.26. The molecule has 1 saturated heterocycles. The summed E-state index contributed by atoms with van der Waals surface area (Å²) in [6, 6.07) is 13.3. The Morgan fingerprint density at radius 2 is 1.84 bits per heavy atom. The number of pyridine rings is 1. The van der Waals surface area contributed by atoms with Crippen LogP contribution in [0.25, 0.3) is 22.0 Å². The number of carboxylic acids is 1. The first-order valence-corrected chi connectivity index (χ1v) is 14.5. The molecule has 1 spiro atoms. The summed E-state index contributed by atoms with van der Waals surface area (Å²) in [5, 5.41) is 10.3. The van der Waals surface area contributed by atoms with E-state index >= 15 is 0 Å². The number of ether oxygens (including phenoxy) is 2. The van der Waals surface area contributed by atoms with E-state index in [9.17, 15) is 19.5 Å². The van der Waals surface area contributed by atoms with Gasteiger partial charge < -0.3 is 24.0 Å². The summed E-state index contributed by atoms with van der Waals surface area (Å²) in [7, 11) is 0. The molecule has 3 aliphatic rings. The van der Waals surface area contributed by atoms with E-state index in [1.54, 1.807) is 18.3 Å². The summed E-state index contributed by atoms with van der Waals surface area (Å²) >= 11 is 0. The van der Waals surface area contributed by atoms with Gasteiger partial charge in [0.2, 0.25) is 0 Å². The Bertz CT molecular complexity index is 1750. The van der Waals surface area contributed by atoms with Crippen molar-refractivity contribution in [2.24, 2.45) is 0 Å². The number of likely N-dealkylation sites (tertiary alicyclic amines) is 1. The van der Waals surface area contributed by atoms with Gasteiger partial charge in [-0.05, 0) is 61.7 Å². The van der Waals surface area contributed by atoms with Gasteiger partial charge in [-0.3, -0.25) is 14.6 Å². The molecule has 7 rings (SSSR count). The van der Waals surface area contributed by atoms with Gasteiger partial charge in [-0.25, -0.2) is 4.79 Å². The zero-order chi connectivity index (χ0) is 29.0. The van der Waals surface area contributed by atoms with Crippen molar-refractivity contribution < 1.29 is 29.0 Å². The molecule has 1 saturated carbocycles. The number of carbonyl (C=O) groups excluding carboxylic acids is 2. The molecule has 216 valence electrons. The number of nitrogens with zero attached hydrogens (tertiary/aromatic N) is 3. The van der Waals surface area contributed by atoms with Crippen molar-refractivity contribution in [3.8, 4) is 22.6 Å². The predicted octanol–water partition coefficient (Wildman–Crippen LogP) is 5.13. The van der Waals surface area contributed by atoms with E-state index in [-0.39, 0.29) is 53.2 Å². The van der Waals surface area contributed by atoms with Crippen molar-refractivity contribution in [2.75, 3.05) is 19.7 Å². The Morgan fingerprint density at radius 1 is 1.05 bits per heavy atom. The van der Waals surface area contributed by atoms with E-state index in [1.807, 2.05) is 30.0 Å². The average molecular weight is 590 g/mol. The molecule has 10 heteroatoms.